The Balaban J connectivity index is 1.69. The van der Waals surface area contributed by atoms with Gasteiger partial charge >= 0.3 is 0 Å². The molecule has 3 nitrogen and oxygen atoms in total. The molecule has 1 heterocycles. The number of benzene rings is 1. The number of para-hydroxylation sites is 1. The smallest absolute Gasteiger partial charge is 0.224 e. The molecular formula is C18H24N2O. The first-order valence-corrected chi connectivity index (χ1v) is 8.09. The predicted molar refractivity (Wildman–Crippen MR) is 86.4 cm³/mol. The third-order valence-corrected chi connectivity index (χ3v) is 4.58. The van der Waals surface area contributed by atoms with Crippen LogP contribution < -0.4 is 5.32 Å². The highest BCUT2D eigenvalue weighted by molar-refractivity contribution is 5.90. The Morgan fingerprint density at radius 3 is 2.67 bits per heavy atom. The first-order valence-electron chi connectivity index (χ1n) is 8.09. The van der Waals surface area contributed by atoms with Crippen LogP contribution in [-0.4, -0.2) is 16.9 Å². The van der Waals surface area contributed by atoms with Gasteiger partial charge in [0.1, 0.15) is 0 Å². The second kappa shape index (κ2) is 6.33. The number of rotatable bonds is 3. The number of amides is 1. The highest BCUT2D eigenvalue weighted by Crippen LogP contribution is 2.23. The van der Waals surface area contributed by atoms with Crippen LogP contribution in [0.3, 0.4) is 0 Å². The van der Waals surface area contributed by atoms with Crippen LogP contribution in [0.2, 0.25) is 0 Å². The summed E-state index contributed by atoms with van der Waals surface area (Å²) in [5.74, 6) is 0.162. The molecule has 1 aliphatic rings. The lowest BCUT2D eigenvalue weighted by atomic mass is 10.1. The summed E-state index contributed by atoms with van der Waals surface area (Å²) in [4.78, 5) is 15.7. The molecule has 1 aromatic carbocycles. The fourth-order valence-corrected chi connectivity index (χ4v) is 3.43. The molecule has 1 aliphatic carbocycles. The van der Waals surface area contributed by atoms with Crippen molar-refractivity contribution in [3.05, 3.63) is 35.5 Å². The van der Waals surface area contributed by atoms with Crippen LogP contribution >= 0.6 is 0 Å². The molecule has 112 valence electrons. The molecular weight excluding hydrogens is 260 g/mol. The van der Waals surface area contributed by atoms with Gasteiger partial charge in [-0.25, -0.2) is 0 Å². The highest BCUT2D eigenvalue weighted by Gasteiger charge is 2.17. The van der Waals surface area contributed by atoms with Gasteiger partial charge in [-0.1, -0.05) is 43.9 Å². The quantitative estimate of drug-likeness (QED) is 0.826. The van der Waals surface area contributed by atoms with E-state index in [0.29, 0.717) is 12.5 Å². The summed E-state index contributed by atoms with van der Waals surface area (Å²) < 4.78 is 0. The minimum Gasteiger partial charge on any atom is -0.358 e. The fourth-order valence-electron chi connectivity index (χ4n) is 3.43. The Morgan fingerprint density at radius 1 is 1.19 bits per heavy atom. The summed E-state index contributed by atoms with van der Waals surface area (Å²) in [6, 6.07) is 8.59. The van der Waals surface area contributed by atoms with E-state index in [0.717, 1.165) is 29.6 Å². The van der Waals surface area contributed by atoms with Gasteiger partial charge < -0.3 is 10.3 Å². The highest BCUT2D eigenvalue weighted by atomic mass is 16.1. The molecule has 21 heavy (non-hydrogen) atoms. The molecule has 0 saturated heterocycles. The standard InChI is InChI=1S/C18H24N2O/c1-13-16(15-10-6-7-11-17(15)19-13)12-18(21)20-14-8-4-2-3-5-9-14/h6-7,10-11,14,19H,2-5,8-9,12H2,1H3,(H,20,21). The van der Waals surface area contributed by atoms with Crippen LogP contribution in [0.5, 0.6) is 0 Å². The zero-order valence-corrected chi connectivity index (χ0v) is 12.7. The van der Waals surface area contributed by atoms with Crippen LogP contribution in [0.4, 0.5) is 0 Å². The molecule has 0 unspecified atom stereocenters. The number of carbonyl (C=O) groups excluding carboxylic acids is 1. The Labute approximate surface area is 126 Å². The second-order valence-corrected chi connectivity index (χ2v) is 6.21. The minimum atomic E-state index is 0.162. The maximum absolute atomic E-state index is 12.4. The van der Waals surface area contributed by atoms with Gasteiger partial charge in [-0.2, -0.15) is 0 Å². The molecule has 1 aromatic heterocycles. The second-order valence-electron chi connectivity index (χ2n) is 6.21. The van der Waals surface area contributed by atoms with Gasteiger partial charge in [0.05, 0.1) is 6.42 Å². The summed E-state index contributed by atoms with van der Waals surface area (Å²) in [5, 5.41) is 4.41. The molecule has 0 bridgehead atoms. The van der Waals surface area contributed by atoms with E-state index in [2.05, 4.69) is 22.4 Å². The number of hydrogen-bond acceptors (Lipinski definition) is 1. The van der Waals surface area contributed by atoms with E-state index in [1.165, 1.54) is 31.1 Å². The topological polar surface area (TPSA) is 44.9 Å². The Hall–Kier alpha value is -1.77. The van der Waals surface area contributed by atoms with E-state index in [4.69, 9.17) is 0 Å². The van der Waals surface area contributed by atoms with E-state index in [1.54, 1.807) is 0 Å². The maximum Gasteiger partial charge on any atom is 0.224 e. The van der Waals surface area contributed by atoms with E-state index in [-0.39, 0.29) is 5.91 Å². The number of aromatic amines is 1. The summed E-state index contributed by atoms with van der Waals surface area (Å²) in [5.41, 5.74) is 3.36. The molecule has 2 aromatic rings. The third kappa shape index (κ3) is 3.29. The van der Waals surface area contributed by atoms with Crippen LogP contribution in [0.1, 0.15) is 49.8 Å². The number of carbonyl (C=O) groups is 1. The predicted octanol–water partition coefficient (Wildman–Crippen LogP) is 3.86. The van der Waals surface area contributed by atoms with Crippen LogP contribution in [0.15, 0.2) is 24.3 Å². The number of aryl methyl sites for hydroxylation is 1. The zero-order chi connectivity index (χ0) is 14.7. The molecule has 1 amide bonds. The van der Waals surface area contributed by atoms with E-state index in [1.807, 2.05) is 19.1 Å². The number of H-pyrrole nitrogens is 1. The summed E-state index contributed by atoms with van der Waals surface area (Å²) in [7, 11) is 0. The Morgan fingerprint density at radius 2 is 1.90 bits per heavy atom. The molecule has 2 N–H and O–H groups in total. The van der Waals surface area contributed by atoms with Crippen LogP contribution in [0.25, 0.3) is 10.9 Å². The minimum absolute atomic E-state index is 0.162. The first kappa shape index (κ1) is 14.2. The number of hydrogen-bond donors (Lipinski definition) is 2. The average molecular weight is 284 g/mol. The van der Waals surface area contributed by atoms with Crippen LogP contribution in [-0.2, 0) is 11.2 Å². The van der Waals surface area contributed by atoms with Crippen molar-refractivity contribution in [1.29, 1.82) is 0 Å². The molecule has 0 aliphatic heterocycles. The van der Waals surface area contributed by atoms with Crippen molar-refractivity contribution < 1.29 is 4.79 Å². The summed E-state index contributed by atoms with van der Waals surface area (Å²) in [6.45, 7) is 2.05. The van der Waals surface area contributed by atoms with Crippen molar-refractivity contribution in [3.63, 3.8) is 0 Å². The third-order valence-electron chi connectivity index (χ3n) is 4.58. The lowest BCUT2D eigenvalue weighted by molar-refractivity contribution is -0.121. The van der Waals surface area contributed by atoms with Gasteiger partial charge in [-0.15, -0.1) is 0 Å². The van der Waals surface area contributed by atoms with Gasteiger partial charge in [0.15, 0.2) is 0 Å². The average Bonchev–Trinajstić information content (AvgIpc) is 2.66. The van der Waals surface area contributed by atoms with Crippen molar-refractivity contribution in [3.8, 4) is 0 Å². The fraction of sp³-hybridized carbons (Fsp3) is 0.500. The number of nitrogens with one attached hydrogen (secondary N) is 2. The Bertz CT molecular complexity index is 621. The summed E-state index contributed by atoms with van der Waals surface area (Å²) in [6.07, 6.45) is 7.87. The Kier molecular flexibility index (Phi) is 4.28. The number of fused-ring (bicyclic) bond motifs is 1. The van der Waals surface area contributed by atoms with Crippen molar-refractivity contribution in [1.82, 2.24) is 10.3 Å². The van der Waals surface area contributed by atoms with Crippen LogP contribution in [0, 0.1) is 6.92 Å². The van der Waals surface area contributed by atoms with Crippen molar-refractivity contribution in [2.75, 3.05) is 0 Å². The van der Waals surface area contributed by atoms with E-state index < -0.39 is 0 Å². The van der Waals surface area contributed by atoms with E-state index in [9.17, 15) is 4.79 Å². The normalized spacial score (nSPS) is 16.8. The lowest BCUT2D eigenvalue weighted by Crippen LogP contribution is -2.35. The molecule has 1 fully saturated rings. The molecule has 3 heteroatoms. The van der Waals surface area contributed by atoms with Gasteiger partial charge in [0.25, 0.3) is 0 Å². The molecule has 3 rings (SSSR count). The maximum atomic E-state index is 12.4. The lowest BCUT2D eigenvalue weighted by Gasteiger charge is -2.16. The van der Waals surface area contributed by atoms with Gasteiger partial charge in [0, 0.05) is 22.6 Å². The van der Waals surface area contributed by atoms with E-state index >= 15 is 0 Å². The number of aromatic nitrogens is 1. The molecule has 0 atom stereocenters. The van der Waals surface area contributed by atoms with Gasteiger partial charge in [0.2, 0.25) is 5.91 Å². The monoisotopic (exact) mass is 284 g/mol. The molecule has 0 spiro atoms. The SMILES string of the molecule is Cc1[nH]c2ccccc2c1CC(=O)NC1CCCCCC1. The molecule has 1 saturated carbocycles. The zero-order valence-electron chi connectivity index (χ0n) is 12.7. The van der Waals surface area contributed by atoms with Gasteiger partial charge in [-0.05, 0) is 31.4 Å². The summed E-state index contributed by atoms with van der Waals surface area (Å²) >= 11 is 0. The van der Waals surface area contributed by atoms with Crippen molar-refractivity contribution >= 4 is 16.8 Å². The largest absolute Gasteiger partial charge is 0.358 e. The van der Waals surface area contributed by atoms with Gasteiger partial charge in [-0.3, -0.25) is 4.79 Å². The van der Waals surface area contributed by atoms with Crippen molar-refractivity contribution in [2.24, 2.45) is 0 Å². The molecule has 0 radical (unpaired) electrons. The first-order chi connectivity index (χ1) is 10.2. The van der Waals surface area contributed by atoms with Crippen molar-refractivity contribution in [2.45, 2.75) is 57.9 Å².